The fourth-order valence-corrected chi connectivity index (χ4v) is 1.79. The van der Waals surface area contributed by atoms with Crippen LogP contribution in [0.5, 0.6) is 0 Å². The number of benzene rings is 2. The Labute approximate surface area is 104 Å². The van der Waals surface area contributed by atoms with E-state index >= 15 is 0 Å². The van der Waals surface area contributed by atoms with Gasteiger partial charge in [0.25, 0.3) is 0 Å². The number of nitrogens with one attached hydrogen (secondary N) is 1. The van der Waals surface area contributed by atoms with Gasteiger partial charge in [-0.2, -0.15) is 0 Å². The topological polar surface area (TPSA) is 38.0 Å². The van der Waals surface area contributed by atoms with Crippen LogP contribution in [0, 0.1) is 11.6 Å². The molecule has 2 aromatic carbocycles. The minimum Gasteiger partial charge on any atom is -0.388 e. The lowest BCUT2D eigenvalue weighted by molar-refractivity contribution is 0.566. The van der Waals surface area contributed by atoms with Crippen molar-refractivity contribution >= 4 is 5.69 Å². The first-order chi connectivity index (χ1) is 8.61. The molecule has 0 aliphatic carbocycles. The van der Waals surface area contributed by atoms with Crippen molar-refractivity contribution in [2.45, 2.75) is 6.04 Å². The van der Waals surface area contributed by atoms with E-state index in [1.54, 1.807) is 0 Å². The average Bonchev–Trinajstić information content (AvgIpc) is 2.38. The summed E-state index contributed by atoms with van der Waals surface area (Å²) in [5.74, 6) is -1.23. The van der Waals surface area contributed by atoms with Crippen LogP contribution >= 0.6 is 0 Å². The molecule has 0 aliphatic heterocycles. The van der Waals surface area contributed by atoms with Gasteiger partial charge < -0.3 is 11.1 Å². The highest BCUT2D eigenvalue weighted by atomic mass is 19.1. The number of halogens is 2. The molecule has 18 heavy (non-hydrogen) atoms. The second-order valence-corrected chi connectivity index (χ2v) is 4.02. The lowest BCUT2D eigenvalue weighted by atomic mass is 9.99. The van der Waals surface area contributed by atoms with Crippen LogP contribution in [-0.2, 0) is 0 Å². The molecular formula is C14H14F2N2. The molecule has 0 spiro atoms. The quantitative estimate of drug-likeness (QED) is 0.876. The van der Waals surface area contributed by atoms with Crippen LogP contribution in [0.3, 0.4) is 0 Å². The van der Waals surface area contributed by atoms with Crippen LogP contribution in [0.25, 0.3) is 0 Å². The van der Waals surface area contributed by atoms with E-state index in [1.165, 1.54) is 12.1 Å². The molecule has 0 amide bonds. The zero-order valence-electron chi connectivity index (χ0n) is 9.95. The molecule has 3 N–H and O–H groups in total. The van der Waals surface area contributed by atoms with Crippen LogP contribution < -0.4 is 11.1 Å². The van der Waals surface area contributed by atoms with Crippen molar-refractivity contribution < 1.29 is 8.78 Å². The fraction of sp³-hybridized carbons (Fsp3) is 0.143. The van der Waals surface area contributed by atoms with Gasteiger partial charge in [-0.15, -0.1) is 0 Å². The van der Waals surface area contributed by atoms with E-state index in [1.807, 2.05) is 31.3 Å². The Bertz CT molecular complexity index is 538. The van der Waals surface area contributed by atoms with Gasteiger partial charge in [-0.1, -0.05) is 18.2 Å². The van der Waals surface area contributed by atoms with Gasteiger partial charge in [0.05, 0.1) is 6.04 Å². The van der Waals surface area contributed by atoms with Gasteiger partial charge in [0, 0.05) is 24.4 Å². The number of hydrogen-bond acceptors (Lipinski definition) is 2. The maximum atomic E-state index is 13.6. The molecule has 0 saturated heterocycles. The highest BCUT2D eigenvalue weighted by Crippen LogP contribution is 2.23. The van der Waals surface area contributed by atoms with Gasteiger partial charge in [0.1, 0.15) is 11.6 Å². The molecule has 0 heterocycles. The summed E-state index contributed by atoms with van der Waals surface area (Å²) in [5.41, 5.74) is 7.99. The first kappa shape index (κ1) is 12.5. The van der Waals surface area contributed by atoms with Crippen molar-refractivity contribution in [3.8, 4) is 0 Å². The Hall–Kier alpha value is -1.94. The van der Waals surface area contributed by atoms with Gasteiger partial charge in [-0.25, -0.2) is 8.78 Å². The van der Waals surface area contributed by atoms with E-state index in [9.17, 15) is 8.78 Å². The second kappa shape index (κ2) is 5.14. The lowest BCUT2D eigenvalue weighted by Crippen LogP contribution is -2.13. The van der Waals surface area contributed by atoms with Crippen LogP contribution in [0.15, 0.2) is 42.5 Å². The molecule has 0 fully saturated rings. The van der Waals surface area contributed by atoms with Crippen molar-refractivity contribution in [1.29, 1.82) is 0 Å². The van der Waals surface area contributed by atoms with Gasteiger partial charge in [0.15, 0.2) is 0 Å². The summed E-state index contributed by atoms with van der Waals surface area (Å²) in [4.78, 5) is 0. The summed E-state index contributed by atoms with van der Waals surface area (Å²) in [6.45, 7) is 0. The molecule has 1 unspecified atom stereocenters. The van der Waals surface area contributed by atoms with Gasteiger partial charge >= 0.3 is 0 Å². The molecule has 0 bridgehead atoms. The minimum atomic E-state index is -0.625. The van der Waals surface area contributed by atoms with E-state index in [0.717, 1.165) is 17.3 Å². The summed E-state index contributed by atoms with van der Waals surface area (Å²) in [6.07, 6.45) is 0. The Morgan fingerprint density at radius 3 is 2.28 bits per heavy atom. The van der Waals surface area contributed by atoms with Crippen LogP contribution in [0.2, 0.25) is 0 Å². The van der Waals surface area contributed by atoms with Crippen molar-refractivity contribution in [2.75, 3.05) is 12.4 Å². The number of anilines is 1. The first-order valence-electron chi connectivity index (χ1n) is 5.60. The second-order valence-electron chi connectivity index (χ2n) is 4.02. The van der Waals surface area contributed by atoms with E-state index in [-0.39, 0.29) is 5.56 Å². The average molecular weight is 248 g/mol. The monoisotopic (exact) mass is 248 g/mol. The number of nitrogens with two attached hydrogens (primary N) is 1. The molecule has 0 radical (unpaired) electrons. The van der Waals surface area contributed by atoms with Gasteiger partial charge in [0.2, 0.25) is 0 Å². The first-order valence-corrected chi connectivity index (χ1v) is 5.60. The van der Waals surface area contributed by atoms with E-state index in [0.29, 0.717) is 0 Å². The molecule has 4 heteroatoms. The molecule has 2 nitrogen and oxygen atoms in total. The zero-order valence-corrected chi connectivity index (χ0v) is 9.95. The van der Waals surface area contributed by atoms with Crippen molar-refractivity contribution in [2.24, 2.45) is 5.73 Å². The Balaban J connectivity index is 2.31. The molecule has 2 rings (SSSR count). The maximum Gasteiger partial charge on any atom is 0.131 e. The van der Waals surface area contributed by atoms with E-state index < -0.39 is 17.7 Å². The number of rotatable bonds is 3. The molecule has 0 aromatic heterocycles. The Kier molecular flexibility index (Phi) is 3.58. The molecule has 0 saturated carbocycles. The Morgan fingerprint density at radius 2 is 1.72 bits per heavy atom. The van der Waals surface area contributed by atoms with Gasteiger partial charge in [-0.3, -0.25) is 0 Å². The summed E-state index contributed by atoms with van der Waals surface area (Å²) >= 11 is 0. The third kappa shape index (κ3) is 2.49. The Morgan fingerprint density at radius 1 is 1.06 bits per heavy atom. The van der Waals surface area contributed by atoms with E-state index in [2.05, 4.69) is 5.32 Å². The third-order valence-corrected chi connectivity index (χ3v) is 2.86. The van der Waals surface area contributed by atoms with Crippen molar-refractivity contribution in [1.82, 2.24) is 0 Å². The molecule has 2 aromatic rings. The van der Waals surface area contributed by atoms with Crippen molar-refractivity contribution in [3.63, 3.8) is 0 Å². The highest BCUT2D eigenvalue weighted by molar-refractivity contribution is 5.45. The smallest absolute Gasteiger partial charge is 0.131 e. The predicted octanol–water partition coefficient (Wildman–Crippen LogP) is 3.05. The third-order valence-electron chi connectivity index (χ3n) is 2.86. The summed E-state index contributed by atoms with van der Waals surface area (Å²) in [5, 5.41) is 2.99. The lowest BCUT2D eigenvalue weighted by Gasteiger charge is -2.14. The fourth-order valence-electron chi connectivity index (χ4n) is 1.79. The molecular weight excluding hydrogens is 234 g/mol. The normalized spacial score (nSPS) is 12.2. The molecule has 1 atom stereocenters. The predicted molar refractivity (Wildman–Crippen MR) is 68.4 cm³/mol. The summed E-state index contributed by atoms with van der Waals surface area (Å²) in [7, 11) is 1.81. The van der Waals surface area contributed by atoms with Crippen LogP contribution in [0.1, 0.15) is 17.2 Å². The van der Waals surface area contributed by atoms with Crippen LogP contribution in [0.4, 0.5) is 14.5 Å². The largest absolute Gasteiger partial charge is 0.388 e. The molecule has 0 aliphatic rings. The number of hydrogen-bond donors (Lipinski definition) is 2. The zero-order chi connectivity index (χ0) is 13.1. The minimum absolute atomic E-state index is 0.286. The molecule has 94 valence electrons. The van der Waals surface area contributed by atoms with Crippen molar-refractivity contribution in [3.05, 3.63) is 65.2 Å². The van der Waals surface area contributed by atoms with Gasteiger partial charge in [-0.05, 0) is 23.8 Å². The SMILES string of the molecule is CNc1ccc(C(N)c2ccc(F)cc2F)cc1. The summed E-state index contributed by atoms with van der Waals surface area (Å²) in [6, 6.07) is 10.2. The van der Waals surface area contributed by atoms with Crippen LogP contribution in [-0.4, -0.2) is 7.05 Å². The highest BCUT2D eigenvalue weighted by Gasteiger charge is 2.14. The van der Waals surface area contributed by atoms with E-state index in [4.69, 9.17) is 5.73 Å². The summed E-state index contributed by atoms with van der Waals surface area (Å²) < 4.78 is 26.4. The maximum absolute atomic E-state index is 13.6. The standard InChI is InChI=1S/C14H14F2N2/c1-18-11-5-2-9(3-6-11)14(17)12-7-4-10(15)8-13(12)16/h2-8,14,18H,17H2,1H3.